The van der Waals surface area contributed by atoms with Crippen LogP contribution in [0.2, 0.25) is 0 Å². The lowest BCUT2D eigenvalue weighted by atomic mass is 9.78. The van der Waals surface area contributed by atoms with Crippen LogP contribution < -0.4 is 4.90 Å². The van der Waals surface area contributed by atoms with Gasteiger partial charge in [0.2, 0.25) is 11.8 Å². The average Bonchev–Trinajstić information content (AvgIpc) is 3.29. The molecular weight excluding hydrogens is 400 g/mol. The van der Waals surface area contributed by atoms with E-state index in [1.165, 1.54) is 0 Å². The lowest BCUT2D eigenvalue weighted by molar-refractivity contribution is -0.148. The van der Waals surface area contributed by atoms with Gasteiger partial charge in [-0.1, -0.05) is 37.3 Å². The van der Waals surface area contributed by atoms with E-state index in [1.54, 1.807) is 0 Å². The number of carbonyl (C=O) groups excluding carboxylic acids is 2. The molecule has 0 saturated carbocycles. The first kappa shape index (κ1) is 22.3. The number of amides is 2. The molecule has 2 aliphatic rings. The van der Waals surface area contributed by atoms with Gasteiger partial charge in [0.05, 0.1) is 12.5 Å². The van der Waals surface area contributed by atoms with Crippen molar-refractivity contribution < 1.29 is 9.59 Å². The summed E-state index contributed by atoms with van der Waals surface area (Å²) in [7, 11) is 3.97. The number of benzene rings is 1. The van der Waals surface area contributed by atoms with Gasteiger partial charge in [0.15, 0.2) is 0 Å². The smallest absolute Gasteiger partial charge is 0.229 e. The average molecular weight is 435 g/mol. The molecule has 32 heavy (non-hydrogen) atoms. The zero-order valence-electron chi connectivity index (χ0n) is 19.5. The summed E-state index contributed by atoms with van der Waals surface area (Å²) in [6, 6.07) is 14.1. The van der Waals surface area contributed by atoms with E-state index < -0.39 is 5.41 Å². The van der Waals surface area contributed by atoms with Gasteiger partial charge < -0.3 is 14.7 Å². The van der Waals surface area contributed by atoms with Crippen molar-refractivity contribution in [2.45, 2.75) is 45.1 Å². The Kier molecular flexibility index (Phi) is 6.49. The predicted molar refractivity (Wildman–Crippen MR) is 126 cm³/mol. The van der Waals surface area contributed by atoms with Crippen molar-refractivity contribution in [2.75, 3.05) is 38.6 Å². The van der Waals surface area contributed by atoms with Crippen molar-refractivity contribution in [3.8, 4) is 0 Å². The second kappa shape index (κ2) is 9.31. The lowest BCUT2D eigenvalue weighted by Gasteiger charge is -2.41. The van der Waals surface area contributed by atoms with Crippen LogP contribution in [0.4, 0.5) is 5.82 Å². The summed E-state index contributed by atoms with van der Waals surface area (Å²) in [6.45, 7) is 4.18. The minimum Gasteiger partial charge on any atom is -0.363 e. The maximum Gasteiger partial charge on any atom is 0.229 e. The third kappa shape index (κ3) is 4.64. The molecule has 6 heteroatoms. The first-order valence-corrected chi connectivity index (χ1v) is 11.6. The van der Waals surface area contributed by atoms with Gasteiger partial charge in [0.25, 0.3) is 0 Å². The summed E-state index contributed by atoms with van der Waals surface area (Å²) in [6.07, 6.45) is 5.71. The highest BCUT2D eigenvalue weighted by molar-refractivity contribution is 5.84. The number of likely N-dealkylation sites (tertiary alicyclic amines) is 2. The van der Waals surface area contributed by atoms with Gasteiger partial charge in [0, 0.05) is 45.3 Å². The standard InChI is InChI=1S/C26H34N4O2/c1-26(12-16-29(17-13-26)24(31)18-20-8-5-4-6-9-20)25(32)30-15-7-10-22(30)21-11-14-27-23(19-21)28(2)3/h4-6,8-9,11,14,19,22H,7,10,12-13,15-18H2,1-3H3/t22-/m1/s1. The van der Waals surface area contributed by atoms with E-state index in [0.717, 1.165) is 49.2 Å². The minimum absolute atomic E-state index is 0.110. The molecule has 1 atom stereocenters. The fraction of sp³-hybridized carbons (Fsp3) is 0.500. The van der Waals surface area contributed by atoms with Gasteiger partial charge >= 0.3 is 0 Å². The lowest BCUT2D eigenvalue weighted by Crippen LogP contribution is -2.50. The van der Waals surface area contributed by atoms with Crippen LogP contribution in [0.15, 0.2) is 48.7 Å². The zero-order chi connectivity index (χ0) is 22.7. The van der Waals surface area contributed by atoms with Crippen LogP contribution in [0.25, 0.3) is 0 Å². The molecule has 0 aliphatic carbocycles. The largest absolute Gasteiger partial charge is 0.363 e. The quantitative estimate of drug-likeness (QED) is 0.720. The molecule has 6 nitrogen and oxygen atoms in total. The molecule has 3 heterocycles. The van der Waals surface area contributed by atoms with Crippen LogP contribution in [0.5, 0.6) is 0 Å². The van der Waals surface area contributed by atoms with Crippen LogP contribution in [-0.4, -0.2) is 60.3 Å². The van der Waals surface area contributed by atoms with Gasteiger partial charge in [-0.25, -0.2) is 4.98 Å². The fourth-order valence-electron chi connectivity index (χ4n) is 4.93. The summed E-state index contributed by atoms with van der Waals surface area (Å²) in [5.41, 5.74) is 1.79. The number of aromatic nitrogens is 1. The third-order valence-electron chi connectivity index (χ3n) is 7.06. The fourth-order valence-corrected chi connectivity index (χ4v) is 4.93. The minimum atomic E-state index is -0.413. The summed E-state index contributed by atoms with van der Waals surface area (Å²) >= 11 is 0. The predicted octanol–water partition coefficient (Wildman–Crippen LogP) is 3.68. The van der Waals surface area contributed by atoms with E-state index in [0.29, 0.717) is 19.5 Å². The number of carbonyl (C=O) groups is 2. The second-order valence-corrected chi connectivity index (χ2v) is 9.60. The van der Waals surface area contributed by atoms with Crippen LogP contribution >= 0.6 is 0 Å². The number of anilines is 1. The van der Waals surface area contributed by atoms with E-state index in [9.17, 15) is 9.59 Å². The Labute approximate surface area is 191 Å². The Morgan fingerprint density at radius 2 is 1.81 bits per heavy atom. The number of piperidine rings is 1. The van der Waals surface area contributed by atoms with Gasteiger partial charge in [-0.3, -0.25) is 9.59 Å². The van der Waals surface area contributed by atoms with E-state index in [1.807, 2.05) is 66.5 Å². The van der Waals surface area contributed by atoms with Crippen molar-refractivity contribution in [1.82, 2.24) is 14.8 Å². The molecule has 0 radical (unpaired) electrons. The molecule has 2 aliphatic heterocycles. The first-order valence-electron chi connectivity index (χ1n) is 11.6. The van der Waals surface area contributed by atoms with Gasteiger partial charge in [0.1, 0.15) is 5.82 Å². The topological polar surface area (TPSA) is 56.8 Å². The normalized spacial score (nSPS) is 20.3. The molecule has 1 aromatic carbocycles. The third-order valence-corrected chi connectivity index (χ3v) is 7.06. The molecule has 0 unspecified atom stereocenters. The number of rotatable bonds is 5. The number of nitrogens with zero attached hydrogens (tertiary/aromatic N) is 4. The maximum atomic E-state index is 13.7. The van der Waals surface area contributed by atoms with E-state index in [4.69, 9.17) is 0 Å². The second-order valence-electron chi connectivity index (χ2n) is 9.60. The van der Waals surface area contributed by atoms with Gasteiger partial charge in [-0.15, -0.1) is 0 Å². The summed E-state index contributed by atoms with van der Waals surface area (Å²) in [5.74, 6) is 1.30. The molecule has 2 aromatic rings. The molecule has 0 N–H and O–H groups in total. The van der Waals surface area contributed by atoms with Crippen molar-refractivity contribution in [3.63, 3.8) is 0 Å². The van der Waals surface area contributed by atoms with E-state index in [-0.39, 0.29) is 17.9 Å². The van der Waals surface area contributed by atoms with Crippen LogP contribution in [0.3, 0.4) is 0 Å². The number of pyridine rings is 1. The van der Waals surface area contributed by atoms with Crippen molar-refractivity contribution in [2.24, 2.45) is 5.41 Å². The number of hydrogen-bond acceptors (Lipinski definition) is 4. The maximum absolute atomic E-state index is 13.7. The Hall–Kier alpha value is -2.89. The SMILES string of the molecule is CN(C)c1cc([C@H]2CCCN2C(=O)C2(C)CCN(C(=O)Cc3ccccc3)CC2)ccn1. The van der Waals surface area contributed by atoms with Crippen molar-refractivity contribution in [3.05, 3.63) is 59.8 Å². The Balaban J connectivity index is 1.41. The van der Waals surface area contributed by atoms with Gasteiger partial charge in [-0.2, -0.15) is 0 Å². The highest BCUT2D eigenvalue weighted by atomic mass is 16.2. The van der Waals surface area contributed by atoms with E-state index >= 15 is 0 Å². The highest BCUT2D eigenvalue weighted by Crippen LogP contribution is 2.40. The molecule has 2 fully saturated rings. The highest BCUT2D eigenvalue weighted by Gasteiger charge is 2.43. The van der Waals surface area contributed by atoms with Crippen LogP contribution in [0.1, 0.15) is 49.8 Å². The Morgan fingerprint density at radius 1 is 1.09 bits per heavy atom. The van der Waals surface area contributed by atoms with Crippen LogP contribution in [-0.2, 0) is 16.0 Å². The molecule has 0 spiro atoms. The molecule has 2 saturated heterocycles. The molecular formula is C26H34N4O2. The number of hydrogen-bond donors (Lipinski definition) is 0. The molecule has 1 aromatic heterocycles. The molecule has 2 amide bonds. The van der Waals surface area contributed by atoms with E-state index in [2.05, 4.69) is 22.9 Å². The zero-order valence-corrected chi connectivity index (χ0v) is 19.5. The first-order chi connectivity index (χ1) is 15.4. The Bertz CT molecular complexity index is 951. The van der Waals surface area contributed by atoms with Gasteiger partial charge in [-0.05, 0) is 48.9 Å². The molecule has 0 bridgehead atoms. The molecule has 4 rings (SSSR count). The van der Waals surface area contributed by atoms with Crippen molar-refractivity contribution >= 4 is 17.6 Å². The Morgan fingerprint density at radius 3 is 2.50 bits per heavy atom. The summed E-state index contributed by atoms with van der Waals surface area (Å²) < 4.78 is 0. The van der Waals surface area contributed by atoms with Crippen molar-refractivity contribution in [1.29, 1.82) is 0 Å². The molecule has 170 valence electrons. The van der Waals surface area contributed by atoms with Crippen LogP contribution in [0, 0.1) is 5.41 Å². The monoisotopic (exact) mass is 434 g/mol. The summed E-state index contributed by atoms with van der Waals surface area (Å²) in [5, 5.41) is 0. The summed E-state index contributed by atoms with van der Waals surface area (Å²) in [4.78, 5) is 36.9.